The Kier molecular flexibility index (Phi) is 4.87. The van der Waals surface area contributed by atoms with E-state index in [0.717, 1.165) is 27.5 Å². The molecule has 0 fully saturated rings. The van der Waals surface area contributed by atoms with Crippen LogP contribution in [0.1, 0.15) is 21.6 Å². The van der Waals surface area contributed by atoms with E-state index in [4.69, 9.17) is 4.98 Å². The molecule has 1 aromatic carbocycles. The number of hydrogen-bond acceptors (Lipinski definition) is 5. The van der Waals surface area contributed by atoms with Crippen molar-refractivity contribution in [2.75, 3.05) is 32.1 Å². The fourth-order valence-electron chi connectivity index (χ4n) is 2.67. The average molecular weight is 357 g/mol. The Morgan fingerprint density at radius 3 is 2.48 bits per heavy atom. The molecule has 0 aliphatic carbocycles. The summed E-state index contributed by atoms with van der Waals surface area (Å²) in [6.07, 6.45) is 1.64. The van der Waals surface area contributed by atoms with Crippen LogP contribution in [-0.4, -0.2) is 52.8 Å². The number of thiazole rings is 1. The van der Waals surface area contributed by atoms with Crippen LogP contribution in [0.15, 0.2) is 24.4 Å². The minimum absolute atomic E-state index is 0.0730. The van der Waals surface area contributed by atoms with Crippen molar-refractivity contribution < 1.29 is 4.79 Å². The summed E-state index contributed by atoms with van der Waals surface area (Å²) in [6.45, 7) is 5.47. The van der Waals surface area contributed by atoms with Crippen molar-refractivity contribution in [3.05, 3.63) is 41.2 Å². The molecule has 0 unspecified atom stereocenters. The van der Waals surface area contributed by atoms with Gasteiger partial charge in [0.25, 0.3) is 5.91 Å². The number of rotatable bonds is 5. The van der Waals surface area contributed by atoms with E-state index in [1.807, 2.05) is 14.1 Å². The zero-order valence-corrected chi connectivity index (χ0v) is 16.1. The van der Waals surface area contributed by atoms with Gasteiger partial charge >= 0.3 is 0 Å². The third-order valence-electron chi connectivity index (χ3n) is 4.22. The molecule has 0 saturated carbocycles. The van der Waals surface area contributed by atoms with E-state index in [1.165, 1.54) is 5.56 Å². The molecule has 0 spiro atoms. The molecule has 7 heteroatoms. The summed E-state index contributed by atoms with van der Waals surface area (Å²) in [5.74, 6) is -0.0730. The number of carbonyl (C=O) groups excluding carboxylic acids is 1. The largest absolute Gasteiger partial charge is 0.308 e. The van der Waals surface area contributed by atoms with Gasteiger partial charge in [-0.3, -0.25) is 14.4 Å². The fourth-order valence-corrected chi connectivity index (χ4v) is 3.81. The summed E-state index contributed by atoms with van der Waals surface area (Å²) in [5, 5.41) is 4.86. The second kappa shape index (κ2) is 6.93. The summed E-state index contributed by atoms with van der Waals surface area (Å²) < 4.78 is 2.75. The van der Waals surface area contributed by atoms with Gasteiger partial charge in [0.15, 0.2) is 5.13 Å². The summed E-state index contributed by atoms with van der Waals surface area (Å²) in [7, 11) is 5.78. The maximum atomic E-state index is 13.1. The number of hydrogen-bond donors (Lipinski definition) is 0. The normalized spacial score (nSPS) is 11.4. The summed E-state index contributed by atoms with van der Waals surface area (Å²) in [4.78, 5) is 21.7. The maximum Gasteiger partial charge on any atom is 0.278 e. The minimum Gasteiger partial charge on any atom is -0.308 e. The van der Waals surface area contributed by atoms with Crippen molar-refractivity contribution in [1.82, 2.24) is 19.7 Å². The van der Waals surface area contributed by atoms with Crippen LogP contribution < -0.4 is 4.90 Å². The van der Waals surface area contributed by atoms with Crippen LogP contribution in [0.5, 0.6) is 0 Å². The van der Waals surface area contributed by atoms with E-state index in [2.05, 4.69) is 36.0 Å². The second-order valence-electron chi connectivity index (χ2n) is 6.47. The van der Waals surface area contributed by atoms with Crippen LogP contribution in [0.2, 0.25) is 0 Å². The van der Waals surface area contributed by atoms with Gasteiger partial charge in [0.1, 0.15) is 5.69 Å². The molecule has 3 aromatic rings. The van der Waals surface area contributed by atoms with Gasteiger partial charge < -0.3 is 4.90 Å². The third kappa shape index (κ3) is 3.43. The Labute approximate surface area is 151 Å². The number of fused-ring (bicyclic) bond motifs is 1. The Bertz CT molecular complexity index is 872. The van der Waals surface area contributed by atoms with Gasteiger partial charge in [-0.05, 0) is 45.1 Å². The van der Waals surface area contributed by atoms with Crippen molar-refractivity contribution in [3.8, 4) is 0 Å². The summed E-state index contributed by atoms with van der Waals surface area (Å²) in [5.41, 5.74) is 3.85. The average Bonchev–Trinajstić information content (AvgIpc) is 3.18. The third-order valence-corrected chi connectivity index (χ3v) is 5.43. The van der Waals surface area contributed by atoms with Crippen molar-refractivity contribution in [2.45, 2.75) is 13.8 Å². The maximum absolute atomic E-state index is 13.1. The number of likely N-dealkylation sites (N-methyl/N-ethyl adjacent to an activating group) is 1. The van der Waals surface area contributed by atoms with Crippen LogP contribution in [0.4, 0.5) is 5.13 Å². The monoisotopic (exact) mass is 357 g/mol. The predicted molar refractivity (Wildman–Crippen MR) is 103 cm³/mol. The van der Waals surface area contributed by atoms with Crippen molar-refractivity contribution in [2.24, 2.45) is 7.05 Å². The molecule has 2 heterocycles. The Morgan fingerprint density at radius 1 is 1.16 bits per heavy atom. The minimum atomic E-state index is -0.0730. The summed E-state index contributed by atoms with van der Waals surface area (Å²) >= 11 is 1.58. The first kappa shape index (κ1) is 17.6. The van der Waals surface area contributed by atoms with Crippen molar-refractivity contribution >= 4 is 32.6 Å². The van der Waals surface area contributed by atoms with Crippen molar-refractivity contribution in [3.63, 3.8) is 0 Å². The van der Waals surface area contributed by atoms with Crippen LogP contribution in [0.3, 0.4) is 0 Å². The lowest BCUT2D eigenvalue weighted by Crippen LogP contribution is -2.37. The highest BCUT2D eigenvalue weighted by molar-refractivity contribution is 7.22. The molecule has 0 aliphatic rings. The first-order valence-corrected chi connectivity index (χ1v) is 9.01. The number of aryl methyl sites for hydroxylation is 3. The number of amides is 1. The first-order valence-electron chi connectivity index (χ1n) is 8.20. The van der Waals surface area contributed by atoms with Crippen molar-refractivity contribution in [1.29, 1.82) is 0 Å². The molecule has 0 aliphatic heterocycles. The molecular formula is C18H23N5OS. The van der Waals surface area contributed by atoms with Gasteiger partial charge in [-0.1, -0.05) is 23.5 Å². The van der Waals surface area contributed by atoms with Crippen LogP contribution in [0, 0.1) is 13.8 Å². The molecule has 25 heavy (non-hydrogen) atoms. The molecule has 1 amide bonds. The number of nitrogens with zero attached hydrogens (tertiary/aromatic N) is 5. The number of carbonyl (C=O) groups is 1. The summed E-state index contributed by atoms with van der Waals surface area (Å²) in [6, 6.07) is 5.93. The second-order valence-corrected chi connectivity index (χ2v) is 7.45. The zero-order chi connectivity index (χ0) is 18.1. The Hall–Kier alpha value is -2.25. The highest BCUT2D eigenvalue weighted by atomic mass is 32.1. The predicted octanol–water partition coefficient (Wildman–Crippen LogP) is 2.86. The van der Waals surface area contributed by atoms with Crippen LogP contribution >= 0.6 is 11.3 Å². The van der Waals surface area contributed by atoms with E-state index in [0.29, 0.717) is 12.2 Å². The van der Waals surface area contributed by atoms with Gasteiger partial charge in [-0.15, -0.1) is 0 Å². The Balaban J connectivity index is 2.05. The van der Waals surface area contributed by atoms with Gasteiger partial charge in [0.2, 0.25) is 0 Å². The molecule has 3 rings (SSSR count). The number of aromatic nitrogens is 3. The lowest BCUT2D eigenvalue weighted by Gasteiger charge is -2.21. The molecular weight excluding hydrogens is 334 g/mol. The van der Waals surface area contributed by atoms with Gasteiger partial charge in [0.05, 0.1) is 10.2 Å². The molecule has 2 aromatic heterocycles. The topological polar surface area (TPSA) is 54.3 Å². The zero-order valence-electron chi connectivity index (χ0n) is 15.3. The molecule has 0 saturated heterocycles. The lowest BCUT2D eigenvalue weighted by atomic mass is 10.1. The van der Waals surface area contributed by atoms with E-state index in [-0.39, 0.29) is 5.91 Å². The number of anilines is 1. The van der Waals surface area contributed by atoms with E-state index >= 15 is 0 Å². The van der Waals surface area contributed by atoms with Gasteiger partial charge in [-0.25, -0.2) is 4.98 Å². The molecule has 6 nitrogen and oxygen atoms in total. The SMILES string of the molecule is Cc1ccc(C)c2sc(N(CCN(C)C)C(=O)c3ccnn3C)nc12. The highest BCUT2D eigenvalue weighted by Gasteiger charge is 2.24. The van der Waals surface area contributed by atoms with Gasteiger partial charge in [-0.2, -0.15) is 5.10 Å². The molecule has 0 N–H and O–H groups in total. The van der Waals surface area contributed by atoms with E-state index < -0.39 is 0 Å². The Morgan fingerprint density at radius 2 is 1.88 bits per heavy atom. The quantitative estimate of drug-likeness (QED) is 0.705. The number of benzene rings is 1. The van der Waals surface area contributed by atoms with Gasteiger partial charge in [0, 0.05) is 26.3 Å². The molecule has 132 valence electrons. The lowest BCUT2D eigenvalue weighted by molar-refractivity contribution is 0.0976. The molecule has 0 atom stereocenters. The first-order chi connectivity index (χ1) is 11.9. The smallest absolute Gasteiger partial charge is 0.278 e. The fraction of sp³-hybridized carbons (Fsp3) is 0.389. The van der Waals surface area contributed by atoms with E-state index in [9.17, 15) is 4.79 Å². The molecule has 0 bridgehead atoms. The van der Waals surface area contributed by atoms with Crippen LogP contribution in [0.25, 0.3) is 10.2 Å². The van der Waals surface area contributed by atoms with Crippen LogP contribution in [-0.2, 0) is 7.05 Å². The standard InChI is InChI=1S/C18H23N5OS/c1-12-6-7-13(2)16-15(12)20-18(25-16)23(11-10-21(3)4)17(24)14-8-9-19-22(14)5/h6-9H,10-11H2,1-5H3. The van der Waals surface area contributed by atoms with E-state index in [1.54, 1.807) is 40.2 Å². The molecule has 0 radical (unpaired) electrons. The highest BCUT2D eigenvalue weighted by Crippen LogP contribution is 2.33.